The SMILES string of the molecule is Cc1ccc(-c2nc(Nc3ccccc3)sc2CC(=O)O)cc1C. The number of nitrogens with one attached hydrogen (secondary N) is 1. The molecule has 24 heavy (non-hydrogen) atoms. The second kappa shape index (κ2) is 6.84. The van der Waals surface area contributed by atoms with E-state index in [9.17, 15) is 9.90 Å². The van der Waals surface area contributed by atoms with Crippen molar-refractivity contribution < 1.29 is 9.90 Å². The lowest BCUT2D eigenvalue weighted by molar-refractivity contribution is -0.136. The summed E-state index contributed by atoms with van der Waals surface area (Å²) in [4.78, 5) is 16.6. The van der Waals surface area contributed by atoms with Crippen LogP contribution in [0.15, 0.2) is 48.5 Å². The summed E-state index contributed by atoms with van der Waals surface area (Å²) in [5, 5.41) is 13.1. The number of thiazole rings is 1. The van der Waals surface area contributed by atoms with E-state index in [-0.39, 0.29) is 6.42 Å². The fraction of sp³-hybridized carbons (Fsp3) is 0.158. The average Bonchev–Trinajstić information content (AvgIpc) is 2.92. The number of rotatable bonds is 5. The third-order valence-corrected chi connectivity index (χ3v) is 4.79. The maximum atomic E-state index is 11.2. The second-order valence-corrected chi connectivity index (χ2v) is 6.74. The molecular formula is C19H18N2O2S. The molecule has 0 aliphatic heterocycles. The molecular weight excluding hydrogens is 320 g/mol. The zero-order valence-corrected chi connectivity index (χ0v) is 14.4. The predicted molar refractivity (Wildman–Crippen MR) is 98.1 cm³/mol. The van der Waals surface area contributed by atoms with Crippen LogP contribution in [0.25, 0.3) is 11.3 Å². The maximum Gasteiger partial charge on any atom is 0.308 e. The smallest absolute Gasteiger partial charge is 0.308 e. The molecule has 0 amide bonds. The Bertz CT molecular complexity index is 872. The number of hydrogen-bond donors (Lipinski definition) is 2. The zero-order valence-electron chi connectivity index (χ0n) is 13.5. The second-order valence-electron chi connectivity index (χ2n) is 5.65. The fourth-order valence-electron chi connectivity index (χ4n) is 2.42. The number of benzene rings is 2. The molecule has 1 heterocycles. The maximum absolute atomic E-state index is 11.2. The van der Waals surface area contributed by atoms with Crippen LogP contribution in [0.2, 0.25) is 0 Å². The number of aliphatic carboxylic acids is 1. The van der Waals surface area contributed by atoms with Crippen LogP contribution >= 0.6 is 11.3 Å². The number of hydrogen-bond acceptors (Lipinski definition) is 4. The van der Waals surface area contributed by atoms with Crippen molar-refractivity contribution in [3.8, 4) is 11.3 Å². The Morgan fingerprint density at radius 2 is 1.88 bits per heavy atom. The van der Waals surface area contributed by atoms with Crippen molar-refractivity contribution in [2.75, 3.05) is 5.32 Å². The van der Waals surface area contributed by atoms with Crippen LogP contribution in [0.1, 0.15) is 16.0 Å². The number of carboxylic acids is 1. The first-order valence-corrected chi connectivity index (χ1v) is 8.46. The van der Waals surface area contributed by atoms with Crippen LogP contribution in [0.5, 0.6) is 0 Å². The van der Waals surface area contributed by atoms with Gasteiger partial charge >= 0.3 is 5.97 Å². The van der Waals surface area contributed by atoms with Crippen LogP contribution < -0.4 is 5.32 Å². The molecule has 0 aliphatic rings. The van der Waals surface area contributed by atoms with Gasteiger partial charge in [0.2, 0.25) is 0 Å². The highest BCUT2D eigenvalue weighted by Crippen LogP contribution is 2.33. The standard InChI is InChI=1S/C19H18N2O2S/c1-12-8-9-14(10-13(12)2)18-16(11-17(22)23)24-19(21-18)20-15-6-4-3-5-7-15/h3-10H,11H2,1-2H3,(H,20,21)(H,22,23). The van der Waals surface area contributed by atoms with Crippen LogP contribution in [-0.4, -0.2) is 16.1 Å². The van der Waals surface area contributed by atoms with Gasteiger partial charge in [-0.3, -0.25) is 4.79 Å². The van der Waals surface area contributed by atoms with E-state index in [1.54, 1.807) is 0 Å². The van der Waals surface area contributed by atoms with Crippen molar-refractivity contribution in [3.63, 3.8) is 0 Å². The molecule has 2 N–H and O–H groups in total. The Labute approximate surface area is 144 Å². The van der Waals surface area contributed by atoms with Gasteiger partial charge in [0.05, 0.1) is 12.1 Å². The summed E-state index contributed by atoms with van der Waals surface area (Å²) in [6.45, 7) is 4.10. The lowest BCUT2D eigenvalue weighted by atomic mass is 10.0. The van der Waals surface area contributed by atoms with Gasteiger partial charge in [-0.15, -0.1) is 11.3 Å². The third kappa shape index (κ3) is 3.63. The fourth-order valence-corrected chi connectivity index (χ4v) is 3.42. The Kier molecular flexibility index (Phi) is 4.62. The summed E-state index contributed by atoms with van der Waals surface area (Å²) in [5.41, 5.74) is 4.99. The first-order chi connectivity index (χ1) is 11.5. The van der Waals surface area contributed by atoms with Crippen LogP contribution in [0.4, 0.5) is 10.8 Å². The summed E-state index contributed by atoms with van der Waals surface area (Å²) >= 11 is 1.38. The summed E-state index contributed by atoms with van der Waals surface area (Å²) in [5.74, 6) is -0.852. The summed E-state index contributed by atoms with van der Waals surface area (Å²) in [6.07, 6.45) is -0.0314. The highest BCUT2D eigenvalue weighted by atomic mass is 32.1. The van der Waals surface area contributed by atoms with E-state index in [1.807, 2.05) is 49.4 Å². The van der Waals surface area contributed by atoms with E-state index in [0.29, 0.717) is 5.13 Å². The molecule has 0 bridgehead atoms. The number of carbonyl (C=O) groups is 1. The van der Waals surface area contributed by atoms with Crippen LogP contribution in [0, 0.1) is 13.8 Å². The minimum atomic E-state index is -0.852. The largest absolute Gasteiger partial charge is 0.481 e. The van der Waals surface area contributed by atoms with Gasteiger partial charge in [0, 0.05) is 16.1 Å². The molecule has 5 heteroatoms. The van der Waals surface area contributed by atoms with Crippen molar-refractivity contribution >= 4 is 28.1 Å². The topological polar surface area (TPSA) is 62.2 Å². The van der Waals surface area contributed by atoms with Gasteiger partial charge in [-0.1, -0.05) is 30.3 Å². The first kappa shape index (κ1) is 16.2. The van der Waals surface area contributed by atoms with Gasteiger partial charge < -0.3 is 10.4 Å². The lowest BCUT2D eigenvalue weighted by Gasteiger charge is -2.04. The number of aromatic nitrogens is 1. The zero-order chi connectivity index (χ0) is 17.1. The third-order valence-electron chi connectivity index (χ3n) is 3.81. The molecule has 3 aromatic rings. The van der Waals surface area contributed by atoms with Crippen molar-refractivity contribution in [2.45, 2.75) is 20.3 Å². The Balaban J connectivity index is 2.00. The summed E-state index contributed by atoms with van der Waals surface area (Å²) in [7, 11) is 0. The number of anilines is 2. The van der Waals surface area contributed by atoms with E-state index < -0.39 is 5.97 Å². The molecule has 3 rings (SSSR count). The van der Waals surface area contributed by atoms with Crippen LogP contribution in [0.3, 0.4) is 0 Å². The first-order valence-electron chi connectivity index (χ1n) is 7.64. The number of carboxylic acid groups (broad SMARTS) is 1. The number of para-hydroxylation sites is 1. The molecule has 4 nitrogen and oxygen atoms in total. The van der Waals surface area contributed by atoms with Gasteiger partial charge in [0.1, 0.15) is 0 Å². The van der Waals surface area contributed by atoms with Gasteiger partial charge in [0.25, 0.3) is 0 Å². The molecule has 1 aromatic heterocycles. The predicted octanol–water partition coefficient (Wildman–Crippen LogP) is 4.80. The molecule has 0 unspecified atom stereocenters. The normalized spacial score (nSPS) is 10.6. The Hall–Kier alpha value is -2.66. The highest BCUT2D eigenvalue weighted by molar-refractivity contribution is 7.16. The van der Waals surface area contributed by atoms with Gasteiger partial charge in [-0.05, 0) is 43.2 Å². The summed E-state index contributed by atoms with van der Waals surface area (Å²) in [6, 6.07) is 15.8. The molecule has 0 saturated carbocycles. The van der Waals surface area contributed by atoms with E-state index in [1.165, 1.54) is 22.5 Å². The quantitative estimate of drug-likeness (QED) is 0.701. The highest BCUT2D eigenvalue weighted by Gasteiger charge is 2.16. The van der Waals surface area contributed by atoms with Crippen molar-refractivity contribution in [3.05, 3.63) is 64.5 Å². The van der Waals surface area contributed by atoms with Crippen molar-refractivity contribution in [2.24, 2.45) is 0 Å². The Morgan fingerprint density at radius 1 is 1.12 bits per heavy atom. The molecule has 0 aliphatic carbocycles. The van der Waals surface area contributed by atoms with Crippen molar-refractivity contribution in [1.29, 1.82) is 0 Å². The molecule has 122 valence electrons. The Morgan fingerprint density at radius 3 is 2.54 bits per heavy atom. The monoisotopic (exact) mass is 338 g/mol. The minimum absolute atomic E-state index is 0.0314. The van der Waals surface area contributed by atoms with E-state index in [0.717, 1.165) is 21.8 Å². The average molecular weight is 338 g/mol. The summed E-state index contributed by atoms with van der Waals surface area (Å²) < 4.78 is 0. The van der Waals surface area contributed by atoms with E-state index >= 15 is 0 Å². The minimum Gasteiger partial charge on any atom is -0.481 e. The van der Waals surface area contributed by atoms with Gasteiger partial charge in [-0.2, -0.15) is 0 Å². The molecule has 0 spiro atoms. The molecule has 0 radical (unpaired) electrons. The molecule has 0 fully saturated rings. The van der Waals surface area contributed by atoms with Crippen LogP contribution in [-0.2, 0) is 11.2 Å². The molecule has 0 atom stereocenters. The van der Waals surface area contributed by atoms with Gasteiger partial charge in [-0.25, -0.2) is 4.98 Å². The number of nitrogens with zero attached hydrogens (tertiary/aromatic N) is 1. The number of aryl methyl sites for hydroxylation is 2. The van der Waals surface area contributed by atoms with E-state index in [4.69, 9.17) is 0 Å². The molecule has 0 saturated heterocycles. The van der Waals surface area contributed by atoms with E-state index in [2.05, 4.69) is 23.3 Å². The molecule has 2 aromatic carbocycles. The lowest BCUT2D eigenvalue weighted by Crippen LogP contribution is -1.99. The van der Waals surface area contributed by atoms with Gasteiger partial charge in [0.15, 0.2) is 5.13 Å². The van der Waals surface area contributed by atoms with Crippen molar-refractivity contribution in [1.82, 2.24) is 4.98 Å².